The number of nitrogens with zero attached hydrogens (tertiary/aromatic N) is 6. The number of pyridine rings is 1. The van der Waals surface area contributed by atoms with Crippen LogP contribution in [-0.4, -0.2) is 84.8 Å². The van der Waals surface area contributed by atoms with E-state index in [1.807, 2.05) is 17.0 Å². The van der Waals surface area contributed by atoms with Crippen molar-refractivity contribution in [3.05, 3.63) is 58.2 Å². The topological polar surface area (TPSA) is 149 Å². The van der Waals surface area contributed by atoms with Gasteiger partial charge in [0, 0.05) is 42.2 Å². The highest BCUT2D eigenvalue weighted by Gasteiger charge is 2.42. The maximum atomic E-state index is 16.8. The molecule has 3 aliphatic rings. The first-order valence-electron chi connectivity index (χ1n) is 16.4. The summed E-state index contributed by atoms with van der Waals surface area (Å²) in [4.78, 5) is 16.7. The van der Waals surface area contributed by atoms with E-state index in [2.05, 4.69) is 15.0 Å². The monoisotopic (exact) mass is 794 g/mol. The minimum Gasteiger partial charge on any atom is -0.483 e. The van der Waals surface area contributed by atoms with Crippen LogP contribution in [0.3, 0.4) is 0 Å². The lowest BCUT2D eigenvalue weighted by Gasteiger charge is -2.30. The zero-order chi connectivity index (χ0) is 39.1. The van der Waals surface area contributed by atoms with E-state index in [1.165, 1.54) is 19.2 Å². The molecule has 2 saturated heterocycles. The molecular weight excluding hydrogens is 762 g/mol. The summed E-state index contributed by atoms with van der Waals surface area (Å²) in [6.07, 6.45) is -1.07. The first-order chi connectivity index (χ1) is 25.6. The maximum absolute atomic E-state index is 16.8. The summed E-state index contributed by atoms with van der Waals surface area (Å²) in [6.45, 7) is 2.08. The van der Waals surface area contributed by atoms with E-state index in [-0.39, 0.29) is 98.2 Å². The van der Waals surface area contributed by atoms with Crippen LogP contribution in [0.5, 0.6) is 11.8 Å². The summed E-state index contributed by atoms with van der Waals surface area (Å²) < 4.78 is 94.4. The van der Waals surface area contributed by atoms with Crippen LogP contribution in [0.25, 0.3) is 32.1 Å². The zero-order valence-electron chi connectivity index (χ0n) is 29.0. The molecule has 2 aromatic carbocycles. The molecule has 0 amide bonds. The number of hydrogen-bond donors (Lipinski definition) is 2. The van der Waals surface area contributed by atoms with Gasteiger partial charge in [0.15, 0.2) is 11.6 Å². The maximum Gasteiger partial charge on any atom is 0.318 e. The second-order valence-corrected chi connectivity index (χ2v) is 14.1. The number of hydrogen-bond acceptors (Lipinski definition) is 12. The van der Waals surface area contributed by atoms with Gasteiger partial charge in [0.1, 0.15) is 40.1 Å². The number of methoxy groups -OCH3 is 1. The summed E-state index contributed by atoms with van der Waals surface area (Å²) in [5, 5.41) is 10.2. The molecule has 54 heavy (non-hydrogen) atoms. The van der Waals surface area contributed by atoms with Crippen LogP contribution in [-0.2, 0) is 11.3 Å². The van der Waals surface area contributed by atoms with Crippen molar-refractivity contribution in [2.45, 2.75) is 44.4 Å². The third-order valence-electron chi connectivity index (χ3n) is 8.89. The number of fused-ring (bicyclic) bond motifs is 2. The van der Waals surface area contributed by atoms with Gasteiger partial charge in [0.25, 0.3) is 5.92 Å². The standard InChI is InChI=1S/C28H20ClF2N7O3S.C5H9F2N.C2H4F2/c1-39-28-36-22-19-23(20(29)18(21(22)31)12-4-5-14(30)24-17(12)13(7-32)26(34)42-24)41-16-10-40-9-15(16)38(27(19)37-28)8-11-3-2-6-35-25(11)33;1-8-3-2-5(6,7)4-8;1-2(3)4/h2-6,15-16H,8-10,34H2,1H3,(H2,33,35);2-4H2,1H3;2H,1H3. The summed E-state index contributed by atoms with van der Waals surface area (Å²) in [7, 11) is 3.08. The second-order valence-electron chi connectivity index (χ2n) is 12.6. The summed E-state index contributed by atoms with van der Waals surface area (Å²) in [5.41, 5.74) is 12.9. The number of benzene rings is 2. The molecule has 3 aliphatic heterocycles. The van der Waals surface area contributed by atoms with E-state index in [1.54, 1.807) is 24.2 Å². The fraction of sp³-hybridized carbons (Fsp3) is 0.371. The van der Waals surface area contributed by atoms with Gasteiger partial charge in [-0.25, -0.2) is 31.3 Å². The molecule has 2 fully saturated rings. The SMILES string of the molecule is CC(F)F.CN1CCC(F)(F)C1.COc1nc2c3c(c(Cl)c(-c4ccc(F)c5sc(N)c(C#N)c45)c(F)c3n1)OC1COCC1N2Cc1cccnc1N. The van der Waals surface area contributed by atoms with Gasteiger partial charge in [-0.2, -0.15) is 15.2 Å². The Morgan fingerprint density at radius 3 is 2.52 bits per heavy atom. The molecule has 0 saturated carbocycles. The third kappa shape index (κ3) is 7.45. The Kier molecular flexibility index (Phi) is 11.2. The Morgan fingerprint density at radius 2 is 1.91 bits per heavy atom. The number of aromatic nitrogens is 3. The largest absolute Gasteiger partial charge is 0.483 e. The highest BCUT2D eigenvalue weighted by molar-refractivity contribution is 7.23. The number of nitrogen functional groups attached to an aromatic ring is 2. The zero-order valence-corrected chi connectivity index (χ0v) is 30.6. The molecule has 2 unspecified atom stereocenters. The lowest BCUT2D eigenvalue weighted by atomic mass is 9.96. The third-order valence-corrected chi connectivity index (χ3v) is 10.3. The molecule has 3 aromatic heterocycles. The summed E-state index contributed by atoms with van der Waals surface area (Å²) in [5.74, 6) is -3.06. The molecule has 0 radical (unpaired) electrons. The predicted molar refractivity (Wildman–Crippen MR) is 194 cm³/mol. The van der Waals surface area contributed by atoms with E-state index in [0.29, 0.717) is 23.7 Å². The van der Waals surface area contributed by atoms with Crippen molar-refractivity contribution in [2.75, 3.05) is 56.8 Å². The first-order valence-corrected chi connectivity index (χ1v) is 17.6. The van der Waals surface area contributed by atoms with E-state index in [0.717, 1.165) is 18.3 Å². The fourth-order valence-electron chi connectivity index (χ4n) is 6.49. The van der Waals surface area contributed by atoms with Crippen LogP contribution >= 0.6 is 22.9 Å². The molecule has 6 heterocycles. The smallest absolute Gasteiger partial charge is 0.318 e. The first kappa shape index (κ1) is 38.9. The molecule has 0 spiro atoms. The molecular formula is C35H33ClF6N8O3S. The average molecular weight is 795 g/mol. The number of nitriles is 1. The van der Waals surface area contributed by atoms with Crippen LogP contribution < -0.4 is 25.8 Å². The van der Waals surface area contributed by atoms with Gasteiger partial charge < -0.3 is 35.5 Å². The number of likely N-dealkylation sites (tertiary alicyclic amines) is 1. The molecule has 2 atom stereocenters. The Morgan fingerprint density at radius 1 is 1.17 bits per heavy atom. The highest BCUT2D eigenvalue weighted by atomic mass is 35.5. The quantitative estimate of drug-likeness (QED) is 0.177. The van der Waals surface area contributed by atoms with E-state index < -0.39 is 30.1 Å². The molecule has 19 heteroatoms. The van der Waals surface area contributed by atoms with Crippen molar-refractivity contribution in [3.8, 4) is 29.0 Å². The Labute approximate surface area is 314 Å². The molecule has 0 aliphatic carbocycles. The van der Waals surface area contributed by atoms with Gasteiger partial charge in [0.05, 0.1) is 53.6 Å². The molecule has 8 rings (SSSR count). The van der Waals surface area contributed by atoms with Crippen molar-refractivity contribution >= 4 is 60.6 Å². The van der Waals surface area contributed by atoms with E-state index in [9.17, 15) is 27.2 Å². The normalized spacial score (nSPS) is 18.7. The van der Waals surface area contributed by atoms with Crippen LogP contribution in [0, 0.1) is 23.0 Å². The molecule has 0 bridgehead atoms. The lowest BCUT2D eigenvalue weighted by molar-refractivity contribution is 0.0146. The Hall–Kier alpha value is -4.83. The van der Waals surface area contributed by atoms with Crippen LogP contribution in [0.2, 0.25) is 5.02 Å². The minimum absolute atomic E-state index is 0.0253. The molecule has 286 valence electrons. The van der Waals surface area contributed by atoms with Gasteiger partial charge in [0.2, 0.25) is 6.43 Å². The van der Waals surface area contributed by atoms with Crippen LogP contribution in [0.4, 0.5) is 43.0 Å². The van der Waals surface area contributed by atoms with Gasteiger partial charge in [-0.05, 0) is 31.7 Å². The number of alkyl halides is 4. The number of anilines is 3. The molecule has 5 aromatic rings. The lowest BCUT2D eigenvalue weighted by Crippen LogP contribution is -2.44. The molecule has 4 N–H and O–H groups in total. The van der Waals surface area contributed by atoms with Crippen molar-refractivity contribution < 1.29 is 40.6 Å². The fourth-order valence-corrected chi connectivity index (χ4v) is 7.77. The highest BCUT2D eigenvalue weighted by Crippen LogP contribution is 2.52. The second kappa shape index (κ2) is 15.5. The summed E-state index contributed by atoms with van der Waals surface area (Å²) in [6, 6.07) is 7.71. The van der Waals surface area contributed by atoms with Crippen molar-refractivity contribution in [1.29, 1.82) is 5.26 Å². The van der Waals surface area contributed by atoms with Crippen molar-refractivity contribution in [3.63, 3.8) is 0 Å². The van der Waals surface area contributed by atoms with Crippen molar-refractivity contribution in [1.82, 2.24) is 19.9 Å². The average Bonchev–Trinajstić information content (AvgIpc) is 3.80. The van der Waals surface area contributed by atoms with Gasteiger partial charge in [-0.15, -0.1) is 11.3 Å². The number of halogens is 7. The minimum atomic E-state index is -2.41. The Balaban J connectivity index is 0.000000357. The van der Waals surface area contributed by atoms with Crippen LogP contribution in [0.15, 0.2) is 30.5 Å². The van der Waals surface area contributed by atoms with Crippen molar-refractivity contribution in [2.24, 2.45) is 0 Å². The number of rotatable bonds is 4. The Bertz CT molecular complexity index is 2250. The van der Waals surface area contributed by atoms with Gasteiger partial charge >= 0.3 is 6.01 Å². The predicted octanol–water partition coefficient (Wildman–Crippen LogP) is 7.28. The van der Waals surface area contributed by atoms with Gasteiger partial charge in [-0.1, -0.05) is 23.7 Å². The number of thiophene rings is 1. The summed E-state index contributed by atoms with van der Waals surface area (Å²) >= 11 is 7.90. The number of ether oxygens (including phenoxy) is 3. The van der Waals surface area contributed by atoms with Gasteiger partial charge in [-0.3, -0.25) is 0 Å². The van der Waals surface area contributed by atoms with E-state index >= 15 is 4.39 Å². The number of nitrogens with two attached hydrogens (primary N) is 2. The molecule has 11 nitrogen and oxygen atoms in total. The van der Waals surface area contributed by atoms with Crippen LogP contribution in [0.1, 0.15) is 24.5 Å². The van der Waals surface area contributed by atoms with E-state index in [4.69, 9.17) is 37.3 Å².